The number of aromatic nitrogens is 1. The van der Waals surface area contributed by atoms with Crippen LogP contribution >= 0.6 is 23.2 Å². The first-order valence-electron chi connectivity index (χ1n) is 6.09. The Morgan fingerprint density at radius 2 is 2.05 bits per heavy atom. The van der Waals surface area contributed by atoms with E-state index in [2.05, 4.69) is 10.3 Å². The summed E-state index contributed by atoms with van der Waals surface area (Å²) in [6.07, 6.45) is 0. The van der Waals surface area contributed by atoms with Gasteiger partial charge in [-0.3, -0.25) is 0 Å². The fourth-order valence-electron chi connectivity index (χ4n) is 1.82. The van der Waals surface area contributed by atoms with Crippen molar-refractivity contribution in [2.45, 2.75) is 33.4 Å². The van der Waals surface area contributed by atoms with Crippen LogP contribution in [-0.2, 0) is 6.54 Å². The molecular formula is C14H16Cl2N2O. The average molecular weight is 299 g/mol. The summed E-state index contributed by atoms with van der Waals surface area (Å²) in [5.41, 5.74) is 1.89. The summed E-state index contributed by atoms with van der Waals surface area (Å²) in [6, 6.07) is 5.69. The molecule has 0 aliphatic heterocycles. The van der Waals surface area contributed by atoms with Gasteiger partial charge in [-0.15, -0.1) is 0 Å². The Labute approximate surface area is 122 Å². The fraction of sp³-hybridized carbons (Fsp3) is 0.357. The second kappa shape index (κ2) is 5.95. The van der Waals surface area contributed by atoms with Crippen molar-refractivity contribution in [3.63, 3.8) is 0 Å². The Bertz CT molecular complexity index is 561. The van der Waals surface area contributed by atoms with E-state index in [0.29, 0.717) is 22.5 Å². The van der Waals surface area contributed by atoms with Crippen LogP contribution in [0.3, 0.4) is 0 Å². The number of oxazole rings is 1. The monoisotopic (exact) mass is 298 g/mol. The van der Waals surface area contributed by atoms with Crippen molar-refractivity contribution in [1.82, 2.24) is 10.3 Å². The van der Waals surface area contributed by atoms with Gasteiger partial charge in [0.15, 0.2) is 0 Å². The highest BCUT2D eigenvalue weighted by Crippen LogP contribution is 2.29. The average Bonchev–Trinajstić information content (AvgIpc) is 2.69. The van der Waals surface area contributed by atoms with Gasteiger partial charge in [0.25, 0.3) is 0 Å². The second-order valence-electron chi connectivity index (χ2n) is 4.49. The molecule has 19 heavy (non-hydrogen) atoms. The number of aryl methyl sites for hydroxylation is 2. The minimum absolute atomic E-state index is 0.0683. The van der Waals surface area contributed by atoms with Crippen molar-refractivity contribution in [3.8, 4) is 0 Å². The van der Waals surface area contributed by atoms with Gasteiger partial charge < -0.3 is 9.73 Å². The Balaban J connectivity index is 2.05. The van der Waals surface area contributed by atoms with Gasteiger partial charge in [0.05, 0.1) is 22.3 Å². The van der Waals surface area contributed by atoms with Crippen molar-refractivity contribution >= 4 is 23.2 Å². The van der Waals surface area contributed by atoms with E-state index in [4.69, 9.17) is 27.6 Å². The van der Waals surface area contributed by atoms with Crippen molar-refractivity contribution in [2.75, 3.05) is 0 Å². The number of benzene rings is 1. The van der Waals surface area contributed by atoms with Gasteiger partial charge in [-0.25, -0.2) is 4.98 Å². The van der Waals surface area contributed by atoms with Crippen molar-refractivity contribution < 1.29 is 4.42 Å². The summed E-state index contributed by atoms with van der Waals surface area (Å²) < 4.78 is 5.52. The third-order valence-corrected chi connectivity index (χ3v) is 3.91. The predicted molar refractivity (Wildman–Crippen MR) is 77.7 cm³/mol. The third kappa shape index (κ3) is 3.30. The molecule has 1 aromatic heterocycles. The normalized spacial score (nSPS) is 12.7. The van der Waals surface area contributed by atoms with Crippen LogP contribution in [-0.4, -0.2) is 4.98 Å². The lowest BCUT2D eigenvalue weighted by molar-refractivity contribution is 0.432. The van der Waals surface area contributed by atoms with Gasteiger partial charge in [-0.1, -0.05) is 35.3 Å². The molecule has 0 saturated heterocycles. The molecule has 0 bridgehead atoms. The predicted octanol–water partition coefficient (Wildman–Crippen LogP) is 4.45. The summed E-state index contributed by atoms with van der Waals surface area (Å²) in [5.74, 6) is 1.53. The second-order valence-corrected chi connectivity index (χ2v) is 5.28. The van der Waals surface area contributed by atoms with E-state index in [9.17, 15) is 0 Å². The molecule has 1 N–H and O–H groups in total. The highest BCUT2D eigenvalue weighted by Gasteiger charge is 2.13. The van der Waals surface area contributed by atoms with Crippen molar-refractivity contribution in [1.29, 1.82) is 0 Å². The smallest absolute Gasteiger partial charge is 0.208 e. The zero-order valence-electron chi connectivity index (χ0n) is 11.1. The largest absolute Gasteiger partial charge is 0.444 e. The first kappa shape index (κ1) is 14.4. The lowest BCUT2D eigenvalue weighted by Gasteiger charge is -2.15. The minimum Gasteiger partial charge on any atom is -0.444 e. The Morgan fingerprint density at radius 1 is 1.32 bits per heavy atom. The molecule has 3 nitrogen and oxygen atoms in total. The molecule has 1 atom stereocenters. The maximum absolute atomic E-state index is 6.19. The van der Waals surface area contributed by atoms with Gasteiger partial charge in [-0.2, -0.15) is 0 Å². The van der Waals surface area contributed by atoms with E-state index in [0.717, 1.165) is 17.0 Å². The topological polar surface area (TPSA) is 38.1 Å². The molecule has 102 valence electrons. The first-order chi connectivity index (χ1) is 8.99. The van der Waals surface area contributed by atoms with E-state index >= 15 is 0 Å². The molecular weight excluding hydrogens is 283 g/mol. The van der Waals surface area contributed by atoms with Crippen LogP contribution in [0.2, 0.25) is 10.0 Å². The van der Waals surface area contributed by atoms with Crippen molar-refractivity contribution in [2.24, 2.45) is 0 Å². The first-order valence-corrected chi connectivity index (χ1v) is 6.85. The molecule has 1 aromatic carbocycles. The molecule has 0 saturated carbocycles. The number of hydrogen-bond donors (Lipinski definition) is 1. The maximum atomic E-state index is 6.19. The third-order valence-electron chi connectivity index (χ3n) is 3.08. The Hall–Kier alpha value is -1.03. The van der Waals surface area contributed by atoms with Crippen LogP contribution in [0, 0.1) is 13.8 Å². The van der Waals surface area contributed by atoms with E-state index < -0.39 is 0 Å². The summed E-state index contributed by atoms with van der Waals surface area (Å²) in [7, 11) is 0. The van der Waals surface area contributed by atoms with Gasteiger partial charge in [0.1, 0.15) is 5.76 Å². The van der Waals surface area contributed by atoms with Crippen LogP contribution in [0.5, 0.6) is 0 Å². The zero-order chi connectivity index (χ0) is 14.0. The van der Waals surface area contributed by atoms with Crippen LogP contribution in [0.4, 0.5) is 0 Å². The molecule has 0 radical (unpaired) electrons. The molecule has 0 aliphatic carbocycles. The van der Waals surface area contributed by atoms with Gasteiger partial charge in [0.2, 0.25) is 5.89 Å². The molecule has 0 amide bonds. The highest BCUT2D eigenvalue weighted by atomic mass is 35.5. The van der Waals surface area contributed by atoms with E-state index in [-0.39, 0.29) is 6.04 Å². The van der Waals surface area contributed by atoms with Crippen LogP contribution in [0.15, 0.2) is 22.6 Å². The highest BCUT2D eigenvalue weighted by molar-refractivity contribution is 6.42. The van der Waals surface area contributed by atoms with Gasteiger partial charge in [-0.05, 0) is 32.4 Å². The molecule has 2 rings (SSSR count). The van der Waals surface area contributed by atoms with Gasteiger partial charge >= 0.3 is 0 Å². The Morgan fingerprint density at radius 3 is 2.68 bits per heavy atom. The standard InChI is InChI=1S/C14H16Cl2N2O/c1-8-10(3)19-13(18-8)7-17-9(2)11-5-4-6-12(15)14(11)16/h4-6,9,17H,7H2,1-3H3. The number of nitrogens with zero attached hydrogens (tertiary/aromatic N) is 1. The summed E-state index contributed by atoms with van der Waals surface area (Å²) >= 11 is 12.2. The molecule has 5 heteroatoms. The molecule has 1 heterocycles. The summed E-state index contributed by atoms with van der Waals surface area (Å²) in [6.45, 7) is 6.42. The molecule has 0 aliphatic rings. The summed E-state index contributed by atoms with van der Waals surface area (Å²) in [4.78, 5) is 4.33. The molecule has 0 spiro atoms. The number of nitrogens with one attached hydrogen (secondary N) is 1. The van der Waals surface area contributed by atoms with E-state index in [1.807, 2.05) is 32.9 Å². The molecule has 1 unspecified atom stereocenters. The zero-order valence-corrected chi connectivity index (χ0v) is 12.6. The van der Waals surface area contributed by atoms with E-state index in [1.165, 1.54) is 0 Å². The van der Waals surface area contributed by atoms with Gasteiger partial charge in [0, 0.05) is 6.04 Å². The number of hydrogen-bond acceptors (Lipinski definition) is 3. The SMILES string of the molecule is Cc1nc(CNC(C)c2cccc(Cl)c2Cl)oc1C. The van der Waals surface area contributed by atoms with Crippen LogP contribution in [0.1, 0.15) is 35.9 Å². The fourth-order valence-corrected chi connectivity index (χ4v) is 2.29. The lowest BCUT2D eigenvalue weighted by Crippen LogP contribution is -2.18. The minimum atomic E-state index is 0.0683. The van der Waals surface area contributed by atoms with E-state index in [1.54, 1.807) is 6.07 Å². The van der Waals surface area contributed by atoms with Crippen LogP contribution < -0.4 is 5.32 Å². The molecule has 0 fully saturated rings. The summed E-state index contributed by atoms with van der Waals surface area (Å²) in [5, 5.41) is 4.48. The quantitative estimate of drug-likeness (QED) is 0.906. The molecule has 2 aromatic rings. The van der Waals surface area contributed by atoms with Crippen molar-refractivity contribution in [3.05, 3.63) is 51.2 Å². The Kier molecular flexibility index (Phi) is 4.50. The number of halogens is 2. The lowest BCUT2D eigenvalue weighted by atomic mass is 10.1. The maximum Gasteiger partial charge on any atom is 0.208 e. The van der Waals surface area contributed by atoms with Crippen LogP contribution in [0.25, 0.3) is 0 Å². The number of rotatable bonds is 4.